The zero-order valence-electron chi connectivity index (χ0n) is 13.4. The van der Waals surface area contributed by atoms with Gasteiger partial charge >= 0.3 is 5.97 Å². The molecule has 0 amide bonds. The van der Waals surface area contributed by atoms with E-state index < -0.39 is 12.0 Å². The second-order valence-corrected chi connectivity index (χ2v) is 8.69. The van der Waals surface area contributed by atoms with E-state index >= 15 is 0 Å². The normalized spacial score (nSPS) is 19.3. The Morgan fingerprint density at radius 1 is 1.28 bits per heavy atom. The zero-order chi connectivity index (χ0) is 17.4. The number of likely N-dealkylation sites (tertiary alicyclic amines) is 1. The predicted octanol–water partition coefficient (Wildman–Crippen LogP) is 4.70. The number of pyridine rings is 1. The number of thiophene rings is 1. The molecule has 1 saturated heterocycles. The smallest absolute Gasteiger partial charge is 0.320 e. The number of carboxylic acid groups (broad SMARTS) is 1. The number of carboxylic acids is 1. The summed E-state index contributed by atoms with van der Waals surface area (Å²) in [6, 6.07) is 13.7. The van der Waals surface area contributed by atoms with Gasteiger partial charge in [0.2, 0.25) is 0 Å². The molecule has 0 saturated carbocycles. The first kappa shape index (κ1) is 16.7. The topological polar surface area (TPSA) is 53.4 Å². The molecule has 6 heteroatoms. The number of hydrogen-bond donors (Lipinski definition) is 1. The molecule has 3 heterocycles. The summed E-state index contributed by atoms with van der Waals surface area (Å²) < 4.78 is 1.05. The van der Waals surface area contributed by atoms with Crippen molar-refractivity contribution in [3.63, 3.8) is 0 Å². The van der Waals surface area contributed by atoms with Gasteiger partial charge in [0, 0.05) is 23.0 Å². The molecule has 1 fully saturated rings. The summed E-state index contributed by atoms with van der Waals surface area (Å²) >= 11 is 5.21. The highest BCUT2D eigenvalue weighted by atomic mass is 79.9. The minimum Gasteiger partial charge on any atom is -0.480 e. The van der Waals surface area contributed by atoms with Crippen LogP contribution in [0.15, 0.2) is 52.4 Å². The lowest BCUT2D eigenvalue weighted by molar-refractivity contribution is -0.142. The summed E-state index contributed by atoms with van der Waals surface area (Å²) in [4.78, 5) is 19.5. The molecule has 2 unspecified atom stereocenters. The van der Waals surface area contributed by atoms with E-state index in [9.17, 15) is 9.90 Å². The molecular weight excluding hydrogens is 400 g/mol. The van der Waals surface area contributed by atoms with Gasteiger partial charge in [-0.05, 0) is 58.6 Å². The van der Waals surface area contributed by atoms with Gasteiger partial charge in [0.15, 0.2) is 0 Å². The number of nitrogens with zero attached hydrogens (tertiary/aromatic N) is 2. The Morgan fingerprint density at radius 3 is 2.88 bits per heavy atom. The molecule has 128 valence electrons. The third-order valence-electron chi connectivity index (χ3n) is 4.75. The Balaban J connectivity index is 1.90. The van der Waals surface area contributed by atoms with Crippen molar-refractivity contribution >= 4 is 44.1 Å². The molecule has 0 radical (unpaired) electrons. The molecule has 1 aliphatic rings. The van der Waals surface area contributed by atoms with Crippen molar-refractivity contribution in [2.24, 2.45) is 0 Å². The van der Waals surface area contributed by atoms with Crippen molar-refractivity contribution in [3.05, 3.63) is 62.9 Å². The molecule has 3 aromatic rings. The maximum atomic E-state index is 11.8. The van der Waals surface area contributed by atoms with Gasteiger partial charge in [0.1, 0.15) is 6.04 Å². The van der Waals surface area contributed by atoms with Crippen molar-refractivity contribution < 1.29 is 9.90 Å². The van der Waals surface area contributed by atoms with E-state index in [-0.39, 0.29) is 6.04 Å². The molecule has 2 aromatic heterocycles. The summed E-state index contributed by atoms with van der Waals surface area (Å²) in [6.07, 6.45) is 3.42. The molecule has 0 aliphatic carbocycles. The monoisotopic (exact) mass is 416 g/mol. The lowest BCUT2D eigenvalue weighted by Gasteiger charge is -2.31. The summed E-state index contributed by atoms with van der Waals surface area (Å²) in [5.74, 6) is -0.739. The zero-order valence-corrected chi connectivity index (χ0v) is 15.8. The molecule has 4 nitrogen and oxygen atoms in total. The van der Waals surface area contributed by atoms with Crippen molar-refractivity contribution in [2.75, 3.05) is 6.54 Å². The Labute approximate surface area is 158 Å². The Morgan fingerprint density at radius 2 is 2.12 bits per heavy atom. The Bertz CT molecular complexity index is 921. The molecule has 4 rings (SSSR count). The van der Waals surface area contributed by atoms with Crippen LogP contribution in [0.25, 0.3) is 10.9 Å². The Hall–Kier alpha value is -1.76. The quantitative estimate of drug-likeness (QED) is 0.669. The second kappa shape index (κ2) is 6.86. The molecule has 1 aliphatic heterocycles. The maximum absolute atomic E-state index is 11.8. The fourth-order valence-corrected chi connectivity index (χ4v) is 5.25. The first-order chi connectivity index (χ1) is 12.1. The summed E-state index contributed by atoms with van der Waals surface area (Å²) in [5, 5.41) is 10.8. The van der Waals surface area contributed by atoms with Crippen LogP contribution in [0, 0.1) is 0 Å². The van der Waals surface area contributed by atoms with E-state index in [1.807, 2.05) is 36.5 Å². The molecule has 0 spiro atoms. The second-order valence-electron chi connectivity index (χ2n) is 6.20. The minimum atomic E-state index is -0.739. The van der Waals surface area contributed by atoms with E-state index in [1.54, 1.807) is 11.3 Å². The van der Waals surface area contributed by atoms with Crippen molar-refractivity contribution in [2.45, 2.75) is 24.9 Å². The van der Waals surface area contributed by atoms with Crippen LogP contribution in [0.1, 0.15) is 29.3 Å². The largest absolute Gasteiger partial charge is 0.480 e. The summed E-state index contributed by atoms with van der Waals surface area (Å²) in [7, 11) is 0. The minimum absolute atomic E-state index is 0.0761. The summed E-state index contributed by atoms with van der Waals surface area (Å²) in [6.45, 7) is 0.786. The average Bonchev–Trinajstić information content (AvgIpc) is 3.25. The predicted molar refractivity (Wildman–Crippen MR) is 103 cm³/mol. The van der Waals surface area contributed by atoms with Crippen molar-refractivity contribution in [1.29, 1.82) is 0 Å². The van der Waals surface area contributed by atoms with Crippen molar-refractivity contribution in [1.82, 2.24) is 9.88 Å². The van der Waals surface area contributed by atoms with Crippen LogP contribution in [0.5, 0.6) is 0 Å². The number of fused-ring (bicyclic) bond motifs is 1. The number of para-hydroxylation sites is 1. The number of rotatable bonds is 4. The number of aliphatic carboxylic acids is 1. The fraction of sp³-hybridized carbons (Fsp3) is 0.263. The molecule has 0 bridgehead atoms. The first-order valence-electron chi connectivity index (χ1n) is 8.22. The van der Waals surface area contributed by atoms with Gasteiger partial charge in [-0.3, -0.25) is 14.7 Å². The van der Waals surface area contributed by atoms with Gasteiger partial charge in [0.25, 0.3) is 0 Å². The highest BCUT2D eigenvalue weighted by Crippen LogP contribution is 2.41. The number of halogens is 1. The number of hydrogen-bond acceptors (Lipinski definition) is 4. The van der Waals surface area contributed by atoms with E-state index in [0.717, 1.165) is 38.1 Å². The lowest BCUT2D eigenvalue weighted by Crippen LogP contribution is -2.39. The molecule has 2 atom stereocenters. The van der Waals surface area contributed by atoms with Gasteiger partial charge in [-0.1, -0.05) is 18.2 Å². The van der Waals surface area contributed by atoms with Crippen LogP contribution in [-0.4, -0.2) is 33.5 Å². The van der Waals surface area contributed by atoms with Crippen LogP contribution < -0.4 is 0 Å². The van der Waals surface area contributed by atoms with Gasteiger partial charge in [0.05, 0.1) is 15.3 Å². The maximum Gasteiger partial charge on any atom is 0.320 e. The number of aromatic nitrogens is 1. The molecule has 25 heavy (non-hydrogen) atoms. The SMILES string of the molecule is O=C(O)C1CCCN1C(c1ccc(Br)s1)c1ccnc2ccccc12. The van der Waals surface area contributed by atoms with E-state index in [1.165, 1.54) is 0 Å². The van der Waals surface area contributed by atoms with Crippen LogP contribution >= 0.6 is 27.3 Å². The van der Waals surface area contributed by atoms with E-state index in [2.05, 4.69) is 37.9 Å². The third-order valence-corrected chi connectivity index (χ3v) is 6.43. The standard InChI is InChI=1S/C19H17BrN2O2S/c20-17-8-7-16(25-17)18(22-11-3-6-15(22)19(23)24)13-9-10-21-14-5-2-1-4-12(13)14/h1-2,4-5,7-10,15,18H,3,6,11H2,(H,23,24). The van der Waals surface area contributed by atoms with E-state index in [0.29, 0.717) is 6.42 Å². The Kier molecular flexibility index (Phi) is 4.58. The highest BCUT2D eigenvalue weighted by Gasteiger charge is 2.38. The fourth-order valence-electron chi connectivity index (χ4n) is 3.69. The van der Waals surface area contributed by atoms with Crippen molar-refractivity contribution in [3.8, 4) is 0 Å². The van der Waals surface area contributed by atoms with Crippen LogP contribution in [0.4, 0.5) is 0 Å². The van der Waals surface area contributed by atoms with Crippen LogP contribution in [-0.2, 0) is 4.79 Å². The van der Waals surface area contributed by atoms with Crippen LogP contribution in [0.2, 0.25) is 0 Å². The van der Waals surface area contributed by atoms with E-state index in [4.69, 9.17) is 0 Å². The van der Waals surface area contributed by atoms with Gasteiger partial charge < -0.3 is 5.11 Å². The van der Waals surface area contributed by atoms with Crippen LogP contribution in [0.3, 0.4) is 0 Å². The average molecular weight is 417 g/mol. The number of benzene rings is 1. The highest BCUT2D eigenvalue weighted by molar-refractivity contribution is 9.11. The van der Waals surface area contributed by atoms with Gasteiger partial charge in [-0.15, -0.1) is 11.3 Å². The summed E-state index contributed by atoms with van der Waals surface area (Å²) in [5.41, 5.74) is 2.06. The number of carbonyl (C=O) groups is 1. The van der Waals surface area contributed by atoms with Gasteiger partial charge in [-0.25, -0.2) is 0 Å². The molecule has 1 N–H and O–H groups in total. The molecule has 1 aromatic carbocycles. The van der Waals surface area contributed by atoms with Gasteiger partial charge in [-0.2, -0.15) is 0 Å². The third kappa shape index (κ3) is 3.10. The lowest BCUT2D eigenvalue weighted by atomic mass is 9.98. The first-order valence-corrected chi connectivity index (χ1v) is 9.83. The molecular formula is C19H17BrN2O2S.